The maximum atomic E-state index is 2.34. The molecule has 0 bridgehead atoms. The van der Waals surface area contributed by atoms with Crippen LogP contribution in [0.1, 0.15) is 0 Å². The molecule has 9 aromatic rings. The second kappa shape index (κ2) is 11.8. The van der Waals surface area contributed by atoms with Crippen molar-refractivity contribution in [1.29, 1.82) is 0 Å². The Morgan fingerprint density at radius 1 is 0.208 bits per heavy atom. The van der Waals surface area contributed by atoms with Gasteiger partial charge < -0.3 is 0 Å². The normalized spacial score (nSPS) is 11.3. The topological polar surface area (TPSA) is 0 Å². The highest BCUT2D eigenvalue weighted by atomic mass is 14.2. The lowest BCUT2D eigenvalue weighted by molar-refractivity contribution is 1.59. The Labute approximate surface area is 281 Å². The summed E-state index contributed by atoms with van der Waals surface area (Å²) < 4.78 is 0. The van der Waals surface area contributed by atoms with Gasteiger partial charge in [-0.15, -0.1) is 0 Å². The summed E-state index contributed by atoms with van der Waals surface area (Å²) in [6.45, 7) is 0. The molecule has 0 heterocycles. The molecule has 0 aliphatic rings. The Hall–Kier alpha value is -6.24. The molecule has 0 saturated heterocycles. The molecule has 0 N–H and O–H groups in total. The van der Waals surface area contributed by atoms with Gasteiger partial charge in [-0.1, -0.05) is 164 Å². The van der Waals surface area contributed by atoms with Crippen molar-refractivity contribution in [3.63, 3.8) is 0 Å². The average Bonchev–Trinajstić information content (AvgIpc) is 3.17. The van der Waals surface area contributed by atoms with Gasteiger partial charge in [-0.25, -0.2) is 0 Å². The smallest absolute Gasteiger partial charge is 0.00268 e. The van der Waals surface area contributed by atoms with Crippen molar-refractivity contribution < 1.29 is 0 Å². The largest absolute Gasteiger partial charge is 0.0622 e. The van der Waals surface area contributed by atoms with E-state index in [0.29, 0.717) is 0 Å². The van der Waals surface area contributed by atoms with E-state index in [-0.39, 0.29) is 0 Å². The van der Waals surface area contributed by atoms with E-state index in [1.807, 2.05) is 0 Å². The molecule has 0 aliphatic carbocycles. The standard InChI is InChI=1S/C48H32/c1-2-12-35(13-3-1)48-46(44-19-9-18-40(31-44)42-23-21-34-11-5-7-15-37(34)29-42)27-25-45-32-43(24-26-47(45)48)39-17-8-16-38(30-39)41-22-20-33-10-4-6-14-36(33)28-41/h1-32H. The van der Waals surface area contributed by atoms with Gasteiger partial charge in [-0.3, -0.25) is 0 Å². The zero-order valence-corrected chi connectivity index (χ0v) is 26.5. The molecule has 9 rings (SSSR count). The Morgan fingerprint density at radius 3 is 1.23 bits per heavy atom. The number of rotatable bonds is 5. The van der Waals surface area contributed by atoms with Crippen LogP contribution in [0.3, 0.4) is 0 Å². The van der Waals surface area contributed by atoms with Crippen molar-refractivity contribution >= 4 is 32.3 Å². The van der Waals surface area contributed by atoms with E-state index in [1.54, 1.807) is 0 Å². The average molecular weight is 609 g/mol. The molecule has 0 aromatic heterocycles. The fourth-order valence-electron chi connectivity index (χ4n) is 7.15. The van der Waals surface area contributed by atoms with Crippen LogP contribution in [-0.4, -0.2) is 0 Å². The summed E-state index contributed by atoms with van der Waals surface area (Å²) in [6, 6.07) is 70.8. The fourth-order valence-corrected chi connectivity index (χ4v) is 7.15. The highest BCUT2D eigenvalue weighted by Crippen LogP contribution is 2.41. The van der Waals surface area contributed by atoms with Crippen LogP contribution >= 0.6 is 0 Å². The summed E-state index contributed by atoms with van der Waals surface area (Å²) in [6.07, 6.45) is 0. The highest BCUT2D eigenvalue weighted by molar-refractivity contribution is 6.05. The maximum absolute atomic E-state index is 2.34. The van der Waals surface area contributed by atoms with Crippen LogP contribution in [0.5, 0.6) is 0 Å². The van der Waals surface area contributed by atoms with Gasteiger partial charge in [-0.2, -0.15) is 0 Å². The Morgan fingerprint density at radius 2 is 0.625 bits per heavy atom. The molecule has 0 amide bonds. The molecule has 0 heteroatoms. The molecule has 0 saturated carbocycles. The molecule has 0 unspecified atom stereocenters. The summed E-state index contributed by atoms with van der Waals surface area (Å²) in [5.41, 5.74) is 12.3. The van der Waals surface area contributed by atoms with Gasteiger partial charge in [0.25, 0.3) is 0 Å². The number of hydrogen-bond acceptors (Lipinski definition) is 0. The van der Waals surface area contributed by atoms with E-state index in [2.05, 4.69) is 194 Å². The van der Waals surface area contributed by atoms with E-state index >= 15 is 0 Å². The fraction of sp³-hybridized carbons (Fsp3) is 0. The minimum absolute atomic E-state index is 1.22. The molecule has 9 aromatic carbocycles. The van der Waals surface area contributed by atoms with Crippen molar-refractivity contribution in [3.8, 4) is 55.6 Å². The lowest BCUT2D eigenvalue weighted by Crippen LogP contribution is -1.90. The molecule has 0 spiro atoms. The predicted molar refractivity (Wildman–Crippen MR) is 206 cm³/mol. The van der Waals surface area contributed by atoms with Crippen molar-refractivity contribution in [2.75, 3.05) is 0 Å². The zero-order valence-electron chi connectivity index (χ0n) is 26.5. The van der Waals surface area contributed by atoms with Crippen LogP contribution in [0, 0.1) is 0 Å². The summed E-state index contributed by atoms with van der Waals surface area (Å²) in [7, 11) is 0. The summed E-state index contributed by atoms with van der Waals surface area (Å²) in [5, 5.41) is 7.54. The lowest BCUT2D eigenvalue weighted by Gasteiger charge is -2.16. The van der Waals surface area contributed by atoms with E-state index in [1.165, 1.54) is 88.0 Å². The van der Waals surface area contributed by atoms with Crippen LogP contribution in [0.15, 0.2) is 194 Å². The first kappa shape index (κ1) is 28.0. The van der Waals surface area contributed by atoms with E-state index in [4.69, 9.17) is 0 Å². The van der Waals surface area contributed by atoms with Crippen molar-refractivity contribution in [2.24, 2.45) is 0 Å². The molecule has 48 heavy (non-hydrogen) atoms. The third-order valence-corrected chi connectivity index (χ3v) is 9.62. The molecular weight excluding hydrogens is 577 g/mol. The number of benzene rings is 9. The van der Waals surface area contributed by atoms with Gasteiger partial charge in [0.05, 0.1) is 0 Å². The Balaban J connectivity index is 1.14. The minimum Gasteiger partial charge on any atom is -0.0622 e. The summed E-state index contributed by atoms with van der Waals surface area (Å²) >= 11 is 0. The molecule has 224 valence electrons. The van der Waals surface area contributed by atoms with Crippen LogP contribution in [0.2, 0.25) is 0 Å². The van der Waals surface area contributed by atoms with Crippen LogP contribution in [0.25, 0.3) is 88.0 Å². The monoisotopic (exact) mass is 608 g/mol. The van der Waals surface area contributed by atoms with Gasteiger partial charge in [0.15, 0.2) is 0 Å². The zero-order chi connectivity index (χ0) is 31.9. The highest BCUT2D eigenvalue weighted by Gasteiger charge is 2.14. The van der Waals surface area contributed by atoms with E-state index < -0.39 is 0 Å². The minimum atomic E-state index is 1.22. The molecule has 0 fully saturated rings. The van der Waals surface area contributed by atoms with Crippen LogP contribution < -0.4 is 0 Å². The lowest BCUT2D eigenvalue weighted by atomic mass is 9.87. The summed E-state index contributed by atoms with van der Waals surface area (Å²) in [4.78, 5) is 0. The molecular formula is C48H32. The third-order valence-electron chi connectivity index (χ3n) is 9.62. The number of hydrogen-bond donors (Lipinski definition) is 0. The Bertz CT molecular complexity index is 2610. The second-order valence-electron chi connectivity index (χ2n) is 12.6. The molecule has 0 nitrogen and oxygen atoms in total. The predicted octanol–water partition coefficient (Wildman–Crippen LogP) is 13.5. The van der Waals surface area contributed by atoms with E-state index in [0.717, 1.165) is 0 Å². The van der Waals surface area contributed by atoms with Crippen LogP contribution in [-0.2, 0) is 0 Å². The van der Waals surface area contributed by atoms with Crippen LogP contribution in [0.4, 0.5) is 0 Å². The second-order valence-corrected chi connectivity index (χ2v) is 12.6. The first-order chi connectivity index (χ1) is 23.8. The van der Waals surface area contributed by atoms with Gasteiger partial charge in [0.2, 0.25) is 0 Å². The molecule has 0 aliphatic heterocycles. The van der Waals surface area contributed by atoms with Gasteiger partial charge in [0.1, 0.15) is 0 Å². The van der Waals surface area contributed by atoms with Gasteiger partial charge in [0, 0.05) is 0 Å². The molecule has 0 radical (unpaired) electrons. The Kier molecular flexibility index (Phi) is 6.91. The molecule has 0 atom stereocenters. The van der Waals surface area contributed by atoms with Gasteiger partial charge in [-0.05, 0) is 118 Å². The SMILES string of the molecule is c1ccc(-c2c(-c3cccc(-c4ccc5ccccc5c4)c3)ccc3cc(-c4cccc(-c5ccc6ccccc6c5)c4)ccc23)cc1. The van der Waals surface area contributed by atoms with Crippen molar-refractivity contribution in [2.45, 2.75) is 0 Å². The van der Waals surface area contributed by atoms with Crippen molar-refractivity contribution in [1.82, 2.24) is 0 Å². The van der Waals surface area contributed by atoms with Crippen molar-refractivity contribution in [3.05, 3.63) is 194 Å². The first-order valence-electron chi connectivity index (χ1n) is 16.6. The number of fused-ring (bicyclic) bond motifs is 3. The quantitative estimate of drug-likeness (QED) is 0.182. The maximum Gasteiger partial charge on any atom is -0.00268 e. The van der Waals surface area contributed by atoms with Gasteiger partial charge >= 0.3 is 0 Å². The third kappa shape index (κ3) is 5.14. The van der Waals surface area contributed by atoms with E-state index in [9.17, 15) is 0 Å². The first-order valence-corrected chi connectivity index (χ1v) is 16.6. The summed E-state index contributed by atoms with van der Waals surface area (Å²) in [5.74, 6) is 0.